The molecular formula is C58H46N4. The molecule has 4 nitrogen and oxygen atoms in total. The summed E-state index contributed by atoms with van der Waals surface area (Å²) in [5, 5.41) is 6.01. The lowest BCUT2D eigenvalue weighted by atomic mass is 9.82. The number of hydrogen-bond acceptors (Lipinski definition) is 3. The predicted molar refractivity (Wildman–Crippen MR) is 262 cm³/mol. The molecular weight excluding hydrogens is 753 g/mol. The van der Waals surface area contributed by atoms with Crippen molar-refractivity contribution < 1.29 is 0 Å². The van der Waals surface area contributed by atoms with Gasteiger partial charge in [-0.05, 0) is 123 Å². The smallest absolute Gasteiger partial charge is 0.0606 e. The van der Waals surface area contributed by atoms with E-state index in [1.165, 1.54) is 44.2 Å². The monoisotopic (exact) mass is 798 g/mol. The second-order valence-corrected chi connectivity index (χ2v) is 16.8. The summed E-state index contributed by atoms with van der Waals surface area (Å²) in [5.41, 5.74) is 26.4. The summed E-state index contributed by atoms with van der Waals surface area (Å²) < 4.78 is 2.37. The van der Waals surface area contributed by atoms with E-state index in [0.717, 1.165) is 61.8 Å². The van der Waals surface area contributed by atoms with Crippen LogP contribution in [-0.4, -0.2) is 4.57 Å². The first-order chi connectivity index (χ1) is 30.5. The number of aromatic nitrogens is 1. The van der Waals surface area contributed by atoms with Crippen LogP contribution in [0, 0.1) is 0 Å². The fraction of sp³-hybridized carbons (Fsp3) is 0.0690. The van der Waals surface area contributed by atoms with E-state index in [4.69, 9.17) is 5.73 Å². The van der Waals surface area contributed by atoms with Crippen LogP contribution in [0.4, 0.5) is 28.4 Å². The van der Waals surface area contributed by atoms with Crippen LogP contribution in [0.15, 0.2) is 212 Å². The summed E-state index contributed by atoms with van der Waals surface area (Å²) >= 11 is 0. The Balaban J connectivity index is 1.01. The molecule has 62 heavy (non-hydrogen) atoms. The third-order valence-electron chi connectivity index (χ3n) is 12.8. The molecule has 4 heteroatoms. The van der Waals surface area contributed by atoms with Gasteiger partial charge in [-0.25, -0.2) is 0 Å². The Bertz CT molecular complexity index is 3240. The third kappa shape index (κ3) is 6.27. The molecule has 0 amide bonds. The van der Waals surface area contributed by atoms with E-state index in [2.05, 4.69) is 223 Å². The van der Waals surface area contributed by atoms with Gasteiger partial charge < -0.3 is 20.5 Å². The van der Waals surface area contributed by atoms with Crippen LogP contribution in [0.3, 0.4) is 0 Å². The normalized spacial score (nSPS) is 12.6. The van der Waals surface area contributed by atoms with Gasteiger partial charge in [-0.3, -0.25) is 0 Å². The van der Waals surface area contributed by atoms with Gasteiger partial charge in [0, 0.05) is 62.4 Å². The summed E-state index contributed by atoms with van der Waals surface area (Å²) in [4.78, 5) is 2.39. The highest BCUT2D eigenvalue weighted by Crippen LogP contribution is 2.51. The van der Waals surface area contributed by atoms with Crippen LogP contribution in [0.1, 0.15) is 30.5 Å². The van der Waals surface area contributed by atoms with Gasteiger partial charge in [-0.1, -0.05) is 147 Å². The zero-order chi connectivity index (χ0) is 41.8. The highest BCUT2D eigenvalue weighted by molar-refractivity contribution is 6.12. The van der Waals surface area contributed by atoms with Gasteiger partial charge in [0.2, 0.25) is 0 Å². The second kappa shape index (κ2) is 15.1. The molecule has 0 radical (unpaired) electrons. The number of anilines is 5. The van der Waals surface area contributed by atoms with Gasteiger partial charge >= 0.3 is 0 Å². The number of nitrogens with one attached hydrogen (secondary N) is 1. The fourth-order valence-electron chi connectivity index (χ4n) is 9.72. The Morgan fingerprint density at radius 3 is 1.74 bits per heavy atom. The second-order valence-electron chi connectivity index (χ2n) is 16.8. The lowest BCUT2D eigenvalue weighted by molar-refractivity contribution is 0.660. The molecule has 1 aromatic heterocycles. The number of fused-ring (bicyclic) bond motifs is 6. The van der Waals surface area contributed by atoms with Gasteiger partial charge in [0.25, 0.3) is 0 Å². The number of hydrogen-bond donors (Lipinski definition) is 2. The van der Waals surface area contributed by atoms with Crippen LogP contribution < -0.4 is 16.0 Å². The summed E-state index contributed by atoms with van der Waals surface area (Å²) in [7, 11) is 0. The van der Waals surface area contributed by atoms with Crippen molar-refractivity contribution in [1.29, 1.82) is 0 Å². The molecule has 1 aliphatic carbocycles. The minimum Gasteiger partial charge on any atom is -0.355 e. The first-order valence-corrected chi connectivity index (χ1v) is 21.4. The molecule has 0 spiro atoms. The lowest BCUT2D eigenvalue weighted by Crippen LogP contribution is -2.16. The maximum absolute atomic E-state index is 6.62. The van der Waals surface area contributed by atoms with E-state index in [9.17, 15) is 0 Å². The molecule has 0 bridgehead atoms. The standard InChI is InChI=1S/C58H46N4/c1-58(2)53-21-13-12-20-48(53)49-32-31-47(37-54(49)58)61(45-27-22-40(23-28-45)39-14-6-3-7-15-39)46-29-24-41(25-30-46)42-26-35-56-51(36-42)50-33-34-55(60-43-16-8-4-9-17-43)52(38-59)57(50)62(56)44-18-10-5-11-19-44/h3-37,60H,38,59H2,1-2H3. The highest BCUT2D eigenvalue weighted by atomic mass is 15.1. The van der Waals surface area contributed by atoms with E-state index < -0.39 is 0 Å². The topological polar surface area (TPSA) is 46.2 Å². The van der Waals surface area contributed by atoms with Gasteiger partial charge in [0.05, 0.1) is 11.0 Å². The summed E-state index contributed by atoms with van der Waals surface area (Å²) in [6, 6.07) is 76.6. The fourth-order valence-corrected chi connectivity index (χ4v) is 9.72. The Morgan fingerprint density at radius 2 is 1.05 bits per heavy atom. The third-order valence-corrected chi connectivity index (χ3v) is 12.8. The lowest BCUT2D eigenvalue weighted by Gasteiger charge is -2.28. The van der Waals surface area contributed by atoms with Crippen molar-refractivity contribution in [2.75, 3.05) is 10.2 Å². The average molecular weight is 799 g/mol. The Hall–Kier alpha value is -7.66. The Labute approximate surface area is 363 Å². The molecule has 1 heterocycles. The van der Waals surface area contributed by atoms with E-state index in [1.807, 2.05) is 18.2 Å². The SMILES string of the molecule is CC1(C)c2ccccc2-c2ccc(N(c3ccc(-c4ccccc4)cc3)c3ccc(-c4ccc5c(c4)c4ccc(Nc6ccccc6)c(CN)c4n5-c4ccccc4)cc3)cc21. The number of para-hydroxylation sites is 2. The van der Waals surface area contributed by atoms with E-state index in [-0.39, 0.29) is 5.41 Å². The first-order valence-electron chi connectivity index (χ1n) is 21.4. The zero-order valence-electron chi connectivity index (χ0n) is 34.9. The van der Waals surface area contributed by atoms with Crippen LogP contribution in [0.2, 0.25) is 0 Å². The maximum atomic E-state index is 6.62. The number of benzene rings is 9. The van der Waals surface area contributed by atoms with Gasteiger partial charge in [-0.15, -0.1) is 0 Å². The first kappa shape index (κ1) is 37.3. The van der Waals surface area contributed by atoms with Crippen LogP contribution >= 0.6 is 0 Å². The van der Waals surface area contributed by atoms with Gasteiger partial charge in [0.15, 0.2) is 0 Å². The summed E-state index contributed by atoms with van der Waals surface area (Å²) in [6.45, 7) is 5.09. The zero-order valence-corrected chi connectivity index (χ0v) is 34.9. The van der Waals surface area contributed by atoms with Gasteiger partial charge in [-0.2, -0.15) is 0 Å². The minimum absolute atomic E-state index is 0.109. The van der Waals surface area contributed by atoms with Crippen molar-refractivity contribution >= 4 is 50.2 Å². The number of rotatable bonds is 9. The average Bonchev–Trinajstić information content (AvgIpc) is 3.78. The molecule has 298 valence electrons. The minimum atomic E-state index is -0.109. The molecule has 9 aromatic carbocycles. The maximum Gasteiger partial charge on any atom is 0.0606 e. The molecule has 3 N–H and O–H groups in total. The molecule has 1 aliphatic rings. The molecule has 0 atom stereocenters. The van der Waals surface area contributed by atoms with Crippen molar-refractivity contribution in [3.05, 3.63) is 229 Å². The molecule has 0 saturated carbocycles. The largest absolute Gasteiger partial charge is 0.355 e. The molecule has 0 unspecified atom stereocenters. The van der Waals surface area contributed by atoms with Crippen molar-refractivity contribution in [1.82, 2.24) is 4.57 Å². The van der Waals surface area contributed by atoms with Crippen LogP contribution in [0.25, 0.3) is 60.9 Å². The summed E-state index contributed by atoms with van der Waals surface area (Å²) in [6.07, 6.45) is 0. The molecule has 11 rings (SSSR count). The molecule has 0 fully saturated rings. The number of nitrogens with two attached hydrogens (primary N) is 1. The van der Waals surface area contributed by atoms with E-state index in [1.54, 1.807) is 0 Å². The number of nitrogens with zero attached hydrogens (tertiary/aromatic N) is 2. The Kier molecular flexibility index (Phi) is 9.10. The highest BCUT2D eigenvalue weighted by Gasteiger charge is 2.35. The van der Waals surface area contributed by atoms with Crippen molar-refractivity contribution in [2.24, 2.45) is 5.73 Å². The molecule has 0 saturated heterocycles. The van der Waals surface area contributed by atoms with Crippen LogP contribution in [-0.2, 0) is 12.0 Å². The van der Waals surface area contributed by atoms with Crippen molar-refractivity contribution in [2.45, 2.75) is 25.8 Å². The quantitative estimate of drug-likeness (QED) is 0.153. The summed E-state index contributed by atoms with van der Waals surface area (Å²) in [5.74, 6) is 0. The molecule has 10 aromatic rings. The predicted octanol–water partition coefficient (Wildman–Crippen LogP) is 15.1. The Morgan fingerprint density at radius 1 is 0.484 bits per heavy atom. The van der Waals surface area contributed by atoms with E-state index in [0.29, 0.717) is 6.54 Å². The molecule has 0 aliphatic heterocycles. The van der Waals surface area contributed by atoms with E-state index >= 15 is 0 Å². The van der Waals surface area contributed by atoms with Crippen LogP contribution in [0.5, 0.6) is 0 Å². The van der Waals surface area contributed by atoms with Crippen molar-refractivity contribution in [3.8, 4) is 39.1 Å². The van der Waals surface area contributed by atoms with Gasteiger partial charge in [0.1, 0.15) is 0 Å². The van der Waals surface area contributed by atoms with Crippen molar-refractivity contribution in [3.63, 3.8) is 0 Å².